The number of nitrogens with zero attached hydrogens (tertiary/aromatic N) is 1. The molecule has 0 saturated carbocycles. The van der Waals surface area contributed by atoms with Gasteiger partial charge in [0.05, 0.1) is 21.3 Å². The van der Waals surface area contributed by atoms with E-state index in [2.05, 4.69) is 0 Å². The zero-order valence-electron chi connectivity index (χ0n) is 18.6. The van der Waals surface area contributed by atoms with Crippen LogP contribution in [0, 0.1) is 0 Å². The lowest BCUT2D eigenvalue weighted by Gasteiger charge is -2.18. The fraction of sp³-hybridized carbons (Fsp3) is 0.435. The molecule has 0 aromatic heterocycles. The van der Waals surface area contributed by atoms with E-state index >= 15 is 0 Å². The predicted molar refractivity (Wildman–Crippen MR) is 114 cm³/mol. The van der Waals surface area contributed by atoms with Crippen LogP contribution in [-0.4, -0.2) is 58.5 Å². The molecule has 1 amide bonds. The van der Waals surface area contributed by atoms with Gasteiger partial charge in [-0.15, -0.1) is 0 Å². The maximum Gasteiger partial charge on any atom is 0.422 e. The number of likely N-dealkylation sites (N-methyl/N-ethyl adjacent to an activating group) is 1. The van der Waals surface area contributed by atoms with E-state index in [0.29, 0.717) is 30.9 Å². The molecule has 9 heteroatoms. The molecule has 0 unspecified atom stereocenters. The normalized spacial score (nSPS) is 11.1. The Bertz CT molecular complexity index is 902. The largest absolute Gasteiger partial charge is 0.493 e. The topological polar surface area (TPSA) is 57.2 Å². The summed E-state index contributed by atoms with van der Waals surface area (Å²) in [7, 11) is 6.23. The Hall–Kier alpha value is -3.10. The number of benzene rings is 2. The first-order valence-corrected chi connectivity index (χ1v) is 9.98. The summed E-state index contributed by atoms with van der Waals surface area (Å²) in [6.07, 6.45) is -3.09. The summed E-state index contributed by atoms with van der Waals surface area (Å²) in [5, 5.41) is 0. The van der Waals surface area contributed by atoms with Crippen molar-refractivity contribution in [3.8, 4) is 23.0 Å². The number of hydrogen-bond donors (Lipinski definition) is 0. The lowest BCUT2D eigenvalue weighted by atomic mass is 10.1. The number of alkyl halides is 3. The maximum atomic E-state index is 12.5. The molecule has 0 radical (unpaired) electrons. The quantitative estimate of drug-likeness (QED) is 0.506. The van der Waals surface area contributed by atoms with Crippen LogP contribution < -0.4 is 18.9 Å². The van der Waals surface area contributed by atoms with Crippen molar-refractivity contribution in [2.75, 3.05) is 41.5 Å². The molecule has 0 spiro atoms. The summed E-state index contributed by atoms with van der Waals surface area (Å²) in [5.74, 6) is 1.44. The number of carbonyl (C=O) groups is 1. The van der Waals surface area contributed by atoms with E-state index < -0.39 is 12.8 Å². The van der Waals surface area contributed by atoms with Gasteiger partial charge in [-0.2, -0.15) is 13.2 Å². The van der Waals surface area contributed by atoms with E-state index in [4.69, 9.17) is 18.9 Å². The van der Waals surface area contributed by atoms with Crippen molar-refractivity contribution in [3.05, 3.63) is 47.5 Å². The highest BCUT2D eigenvalue weighted by molar-refractivity contribution is 5.76. The Morgan fingerprint density at radius 1 is 0.844 bits per heavy atom. The third-order valence-electron chi connectivity index (χ3n) is 4.86. The smallest absolute Gasteiger partial charge is 0.422 e. The first-order chi connectivity index (χ1) is 15.2. The van der Waals surface area contributed by atoms with Gasteiger partial charge < -0.3 is 23.8 Å². The maximum absolute atomic E-state index is 12.5. The minimum atomic E-state index is -4.43. The van der Waals surface area contributed by atoms with E-state index in [1.54, 1.807) is 38.3 Å². The number of methoxy groups -OCH3 is 3. The molecule has 0 saturated heterocycles. The summed E-state index contributed by atoms with van der Waals surface area (Å²) in [5.41, 5.74) is 1.78. The van der Waals surface area contributed by atoms with E-state index in [1.807, 2.05) is 18.2 Å². The van der Waals surface area contributed by atoms with E-state index in [0.717, 1.165) is 11.1 Å². The number of ether oxygens (including phenoxy) is 4. The lowest BCUT2D eigenvalue weighted by Crippen LogP contribution is -2.29. The number of rotatable bonds is 11. The van der Waals surface area contributed by atoms with Crippen LogP contribution in [0.15, 0.2) is 36.4 Å². The lowest BCUT2D eigenvalue weighted by molar-refractivity contribution is -0.153. The first-order valence-electron chi connectivity index (χ1n) is 9.98. The first kappa shape index (κ1) is 25.2. The monoisotopic (exact) mass is 455 g/mol. The highest BCUT2D eigenvalue weighted by Gasteiger charge is 2.29. The van der Waals surface area contributed by atoms with E-state index in [1.165, 1.54) is 13.2 Å². The third kappa shape index (κ3) is 7.55. The Kier molecular flexibility index (Phi) is 9.04. The second kappa shape index (κ2) is 11.5. The summed E-state index contributed by atoms with van der Waals surface area (Å²) < 4.78 is 57.5. The number of hydrogen-bond acceptors (Lipinski definition) is 5. The second-order valence-electron chi connectivity index (χ2n) is 7.14. The average molecular weight is 455 g/mol. The molecular weight excluding hydrogens is 427 g/mol. The number of halogens is 3. The van der Waals surface area contributed by atoms with Gasteiger partial charge in [0.15, 0.2) is 29.6 Å². The van der Waals surface area contributed by atoms with Gasteiger partial charge in [0.1, 0.15) is 0 Å². The molecule has 176 valence electrons. The van der Waals surface area contributed by atoms with Crippen molar-refractivity contribution in [1.29, 1.82) is 0 Å². The fourth-order valence-electron chi connectivity index (χ4n) is 3.05. The Morgan fingerprint density at radius 2 is 1.38 bits per heavy atom. The predicted octanol–water partition coefficient (Wildman–Crippen LogP) is 4.29. The van der Waals surface area contributed by atoms with Crippen LogP contribution in [0.3, 0.4) is 0 Å². The molecule has 0 bridgehead atoms. The molecule has 2 aromatic rings. The zero-order valence-corrected chi connectivity index (χ0v) is 18.6. The average Bonchev–Trinajstić information content (AvgIpc) is 2.78. The van der Waals surface area contributed by atoms with Gasteiger partial charge in [-0.3, -0.25) is 4.79 Å². The molecule has 0 N–H and O–H groups in total. The van der Waals surface area contributed by atoms with Gasteiger partial charge in [0, 0.05) is 20.0 Å². The summed E-state index contributed by atoms with van der Waals surface area (Å²) >= 11 is 0. The van der Waals surface area contributed by atoms with Crippen LogP contribution in [-0.2, 0) is 17.6 Å². The van der Waals surface area contributed by atoms with Gasteiger partial charge in [-0.1, -0.05) is 12.1 Å². The van der Waals surface area contributed by atoms with Crippen LogP contribution in [0.25, 0.3) is 0 Å². The van der Waals surface area contributed by atoms with Crippen molar-refractivity contribution < 1.29 is 36.9 Å². The molecule has 6 nitrogen and oxygen atoms in total. The Morgan fingerprint density at radius 3 is 1.94 bits per heavy atom. The number of aryl methyl sites for hydroxylation is 1. The molecule has 0 fully saturated rings. The van der Waals surface area contributed by atoms with Gasteiger partial charge in [0.25, 0.3) is 0 Å². The molecule has 0 heterocycles. The van der Waals surface area contributed by atoms with Crippen LogP contribution in [0.5, 0.6) is 23.0 Å². The minimum Gasteiger partial charge on any atom is -0.493 e. The fourth-order valence-corrected chi connectivity index (χ4v) is 3.05. The van der Waals surface area contributed by atoms with Crippen LogP contribution in [0.2, 0.25) is 0 Å². The molecule has 0 aliphatic rings. The van der Waals surface area contributed by atoms with Crippen molar-refractivity contribution in [2.45, 2.75) is 25.4 Å². The standard InChI is InChI=1S/C23H28F3NO5/c1-27(12-11-17-5-8-18(29-2)20(14-17)30-3)22(28)10-7-16-6-9-19(21(13-16)31-4)32-15-23(24,25)26/h5-6,8-9,13-14H,7,10-12,15H2,1-4H3. The molecular formula is C23H28F3NO5. The summed E-state index contributed by atoms with van der Waals surface area (Å²) in [6.45, 7) is -0.867. The van der Waals surface area contributed by atoms with Gasteiger partial charge in [-0.25, -0.2) is 0 Å². The minimum absolute atomic E-state index is 0.00643. The number of carbonyl (C=O) groups excluding carboxylic acids is 1. The van der Waals surface area contributed by atoms with Gasteiger partial charge >= 0.3 is 6.18 Å². The van der Waals surface area contributed by atoms with Crippen molar-refractivity contribution >= 4 is 5.91 Å². The van der Waals surface area contributed by atoms with Gasteiger partial charge in [-0.05, 0) is 48.2 Å². The van der Waals surface area contributed by atoms with Crippen molar-refractivity contribution in [1.82, 2.24) is 4.90 Å². The zero-order chi connectivity index (χ0) is 23.7. The van der Waals surface area contributed by atoms with E-state index in [9.17, 15) is 18.0 Å². The molecule has 2 aromatic carbocycles. The van der Waals surface area contributed by atoms with Crippen molar-refractivity contribution in [2.24, 2.45) is 0 Å². The van der Waals surface area contributed by atoms with Crippen molar-refractivity contribution in [3.63, 3.8) is 0 Å². The molecule has 0 aliphatic carbocycles. The highest BCUT2D eigenvalue weighted by atomic mass is 19.4. The van der Waals surface area contributed by atoms with Crippen LogP contribution in [0.1, 0.15) is 17.5 Å². The highest BCUT2D eigenvalue weighted by Crippen LogP contribution is 2.30. The Balaban J connectivity index is 1.88. The van der Waals surface area contributed by atoms with E-state index in [-0.39, 0.29) is 23.8 Å². The molecule has 32 heavy (non-hydrogen) atoms. The number of amides is 1. The SMILES string of the molecule is COc1ccc(CCN(C)C(=O)CCc2ccc(OCC(F)(F)F)c(OC)c2)cc1OC. The molecule has 2 rings (SSSR count). The second-order valence-corrected chi connectivity index (χ2v) is 7.14. The summed E-state index contributed by atoms with van der Waals surface area (Å²) in [4.78, 5) is 14.1. The molecule has 0 aliphatic heterocycles. The Labute approximate surface area is 185 Å². The van der Waals surface area contributed by atoms with Gasteiger partial charge in [0.2, 0.25) is 5.91 Å². The third-order valence-corrected chi connectivity index (χ3v) is 4.86. The molecule has 0 atom stereocenters. The van der Waals surface area contributed by atoms with Crippen LogP contribution >= 0.6 is 0 Å². The summed E-state index contributed by atoms with van der Waals surface area (Å²) in [6, 6.07) is 10.3. The van der Waals surface area contributed by atoms with Crippen LogP contribution in [0.4, 0.5) is 13.2 Å².